The Labute approximate surface area is 192 Å². The smallest absolute Gasteiger partial charge is 0.251 e. The molecule has 1 aliphatic heterocycles. The number of anilines is 1. The maximum atomic E-state index is 13.1. The molecule has 1 heterocycles. The molecule has 170 valence electrons. The first kappa shape index (κ1) is 26.7. The third kappa shape index (κ3) is 6.10. The van der Waals surface area contributed by atoms with Gasteiger partial charge >= 0.3 is 0 Å². The van der Waals surface area contributed by atoms with Gasteiger partial charge in [0.2, 0.25) is 5.91 Å². The van der Waals surface area contributed by atoms with Gasteiger partial charge in [0, 0.05) is 30.9 Å². The summed E-state index contributed by atoms with van der Waals surface area (Å²) >= 11 is 0. The molecule has 1 aromatic rings. The van der Waals surface area contributed by atoms with Crippen LogP contribution in [-0.2, 0) is 4.79 Å². The Balaban J connectivity index is 0.00000225. The van der Waals surface area contributed by atoms with Crippen molar-refractivity contribution < 1.29 is 9.59 Å². The molecule has 0 bridgehead atoms. The van der Waals surface area contributed by atoms with Crippen LogP contribution in [0.5, 0.6) is 0 Å². The van der Waals surface area contributed by atoms with Gasteiger partial charge in [-0.15, -0.1) is 24.8 Å². The van der Waals surface area contributed by atoms with E-state index in [1.54, 1.807) is 12.1 Å². The Morgan fingerprint density at radius 3 is 2.70 bits per heavy atom. The third-order valence-electron chi connectivity index (χ3n) is 6.48. The lowest BCUT2D eigenvalue weighted by Crippen LogP contribution is -2.44. The van der Waals surface area contributed by atoms with Gasteiger partial charge < -0.3 is 20.9 Å². The molecule has 1 saturated heterocycles. The summed E-state index contributed by atoms with van der Waals surface area (Å²) in [6.07, 6.45) is 4.39. The Bertz CT molecular complexity index is 699. The Morgan fingerprint density at radius 2 is 1.97 bits per heavy atom. The normalized spacial score (nSPS) is 22.4. The van der Waals surface area contributed by atoms with Gasteiger partial charge in [-0.2, -0.15) is 0 Å². The fourth-order valence-corrected chi connectivity index (χ4v) is 4.65. The zero-order valence-electron chi connectivity index (χ0n) is 18.0. The summed E-state index contributed by atoms with van der Waals surface area (Å²) < 4.78 is 0. The molecule has 2 aliphatic rings. The molecule has 3 N–H and O–H groups in total. The molecule has 1 saturated carbocycles. The number of hydrogen-bond acceptors (Lipinski definition) is 4. The Kier molecular flexibility index (Phi) is 11.1. The molecule has 1 aromatic carbocycles. The van der Waals surface area contributed by atoms with Crippen molar-refractivity contribution in [3.8, 4) is 0 Å². The maximum Gasteiger partial charge on any atom is 0.251 e. The van der Waals surface area contributed by atoms with Crippen LogP contribution >= 0.6 is 24.8 Å². The number of benzene rings is 1. The van der Waals surface area contributed by atoms with Gasteiger partial charge in [0.05, 0.1) is 5.41 Å². The van der Waals surface area contributed by atoms with Crippen molar-refractivity contribution in [2.24, 2.45) is 11.3 Å². The zero-order valence-corrected chi connectivity index (χ0v) is 19.7. The number of likely N-dealkylation sites (N-methyl/N-ethyl adjacent to an activating group) is 1. The van der Waals surface area contributed by atoms with Crippen molar-refractivity contribution in [2.75, 3.05) is 44.6 Å². The average molecular weight is 459 g/mol. The minimum atomic E-state index is -0.291. The topological polar surface area (TPSA) is 73.5 Å². The van der Waals surface area contributed by atoms with Crippen LogP contribution in [0.25, 0.3) is 0 Å². The molecular weight excluding hydrogens is 423 g/mol. The van der Waals surface area contributed by atoms with Gasteiger partial charge in [-0.1, -0.05) is 32.8 Å². The van der Waals surface area contributed by atoms with E-state index in [-0.39, 0.29) is 42.0 Å². The van der Waals surface area contributed by atoms with E-state index >= 15 is 0 Å². The van der Waals surface area contributed by atoms with Crippen LogP contribution in [0.2, 0.25) is 0 Å². The van der Waals surface area contributed by atoms with Crippen LogP contribution in [0.3, 0.4) is 0 Å². The second-order valence-corrected chi connectivity index (χ2v) is 8.05. The summed E-state index contributed by atoms with van der Waals surface area (Å²) in [5.74, 6) is 0.425. The maximum absolute atomic E-state index is 13.1. The molecule has 0 aromatic heterocycles. The van der Waals surface area contributed by atoms with Crippen molar-refractivity contribution in [1.29, 1.82) is 0 Å². The van der Waals surface area contributed by atoms with Crippen LogP contribution in [0.1, 0.15) is 49.9 Å². The molecule has 8 heteroatoms. The molecule has 0 spiro atoms. The highest BCUT2D eigenvalue weighted by molar-refractivity contribution is 5.99. The number of halogens is 2. The van der Waals surface area contributed by atoms with E-state index in [4.69, 9.17) is 0 Å². The minimum Gasteiger partial charge on any atom is -0.351 e. The lowest BCUT2D eigenvalue weighted by Gasteiger charge is -2.37. The monoisotopic (exact) mass is 458 g/mol. The van der Waals surface area contributed by atoms with Crippen molar-refractivity contribution in [3.05, 3.63) is 29.8 Å². The molecule has 1 aliphatic carbocycles. The Hall–Kier alpha value is -1.34. The molecule has 0 radical (unpaired) electrons. The van der Waals surface area contributed by atoms with Crippen LogP contribution in [-0.4, -0.2) is 56.0 Å². The van der Waals surface area contributed by atoms with Crippen LogP contribution in [0.15, 0.2) is 24.3 Å². The first-order valence-electron chi connectivity index (χ1n) is 10.7. The summed E-state index contributed by atoms with van der Waals surface area (Å²) in [6, 6.07) is 7.27. The largest absolute Gasteiger partial charge is 0.351 e. The lowest BCUT2D eigenvalue weighted by atomic mass is 9.67. The highest BCUT2D eigenvalue weighted by Crippen LogP contribution is 2.44. The molecule has 2 fully saturated rings. The average Bonchev–Trinajstić information content (AvgIpc) is 3.17. The van der Waals surface area contributed by atoms with Gasteiger partial charge in [0.25, 0.3) is 5.91 Å². The van der Waals surface area contributed by atoms with E-state index in [1.165, 1.54) is 6.42 Å². The Morgan fingerprint density at radius 1 is 1.20 bits per heavy atom. The zero-order chi connectivity index (χ0) is 20.0. The minimum absolute atomic E-state index is 0. The second-order valence-electron chi connectivity index (χ2n) is 8.05. The van der Waals surface area contributed by atoms with E-state index < -0.39 is 0 Å². The predicted molar refractivity (Wildman–Crippen MR) is 127 cm³/mol. The lowest BCUT2D eigenvalue weighted by molar-refractivity contribution is -0.128. The first-order chi connectivity index (χ1) is 13.6. The number of fused-ring (bicyclic) bond motifs is 1. The summed E-state index contributed by atoms with van der Waals surface area (Å²) in [5, 5.41) is 9.48. The van der Waals surface area contributed by atoms with Crippen molar-refractivity contribution in [3.63, 3.8) is 0 Å². The number of hydrogen-bond donors (Lipinski definition) is 3. The van der Waals surface area contributed by atoms with Gasteiger partial charge in [0.15, 0.2) is 0 Å². The molecule has 30 heavy (non-hydrogen) atoms. The van der Waals surface area contributed by atoms with Gasteiger partial charge in [-0.05, 0) is 56.6 Å². The van der Waals surface area contributed by atoms with Crippen LogP contribution < -0.4 is 16.0 Å². The van der Waals surface area contributed by atoms with E-state index in [9.17, 15) is 9.59 Å². The van der Waals surface area contributed by atoms with Crippen LogP contribution in [0.4, 0.5) is 5.69 Å². The second kappa shape index (κ2) is 12.5. The van der Waals surface area contributed by atoms with Crippen molar-refractivity contribution in [2.45, 2.75) is 39.5 Å². The van der Waals surface area contributed by atoms with E-state index in [2.05, 4.69) is 34.7 Å². The molecular formula is C22H36Cl2N4O2. The predicted octanol–water partition coefficient (Wildman–Crippen LogP) is 3.32. The fourth-order valence-electron chi connectivity index (χ4n) is 4.65. The number of nitrogens with one attached hydrogen (secondary N) is 3. The van der Waals surface area contributed by atoms with E-state index in [0.29, 0.717) is 23.7 Å². The molecule has 6 nitrogen and oxygen atoms in total. The highest BCUT2D eigenvalue weighted by Gasteiger charge is 2.49. The summed E-state index contributed by atoms with van der Waals surface area (Å²) in [5.41, 5.74) is 0.992. The number of nitrogens with zero attached hydrogens (tertiary/aromatic N) is 1. The van der Waals surface area contributed by atoms with Gasteiger partial charge in [-0.3, -0.25) is 9.59 Å². The number of amides is 2. The number of carbonyl (C=O) groups is 2. The summed E-state index contributed by atoms with van der Waals surface area (Å²) in [7, 11) is 0. The standard InChI is InChI=1S/C22H34N4O2.2ClH/c1-3-26(4-2)13-12-24-20(27)17-8-7-10-19(14-17)25-21(28)22-11-6-5-9-18(22)15-23-16-22;;/h7-8,10,14,18,23H,3-6,9,11-13,15-16H2,1-2H3,(H,24,27)(H,25,28);2*1H/t18-,22+;;/m0../s1. The quantitative estimate of drug-likeness (QED) is 0.558. The van der Waals surface area contributed by atoms with E-state index in [0.717, 1.165) is 52.0 Å². The van der Waals surface area contributed by atoms with Crippen molar-refractivity contribution in [1.82, 2.24) is 15.5 Å². The van der Waals surface area contributed by atoms with E-state index in [1.807, 2.05) is 12.1 Å². The number of carbonyl (C=O) groups excluding carboxylic acids is 2. The summed E-state index contributed by atoms with van der Waals surface area (Å²) in [4.78, 5) is 27.8. The van der Waals surface area contributed by atoms with Crippen LogP contribution in [0, 0.1) is 11.3 Å². The SMILES string of the molecule is CCN(CC)CCNC(=O)c1cccc(NC(=O)[C@@]23CCCC[C@H]2CNC3)c1.Cl.Cl. The molecule has 2 atom stereocenters. The molecule has 2 amide bonds. The van der Waals surface area contributed by atoms with Gasteiger partial charge in [0.1, 0.15) is 0 Å². The molecule has 3 rings (SSSR count). The van der Waals surface area contributed by atoms with Crippen molar-refractivity contribution >= 4 is 42.3 Å². The number of rotatable bonds is 8. The first-order valence-corrected chi connectivity index (χ1v) is 10.7. The third-order valence-corrected chi connectivity index (χ3v) is 6.48. The molecule has 0 unspecified atom stereocenters. The van der Waals surface area contributed by atoms with Gasteiger partial charge in [-0.25, -0.2) is 0 Å². The highest BCUT2D eigenvalue weighted by atomic mass is 35.5. The summed E-state index contributed by atoms with van der Waals surface area (Å²) in [6.45, 7) is 9.34. The fraction of sp³-hybridized carbons (Fsp3) is 0.636.